The number of aliphatic imine (C=N–C) groups is 1. The molecule has 0 bridgehead atoms. The summed E-state index contributed by atoms with van der Waals surface area (Å²) in [5.41, 5.74) is 6.03. The van der Waals surface area contributed by atoms with Crippen LogP contribution in [0.4, 0.5) is 0 Å². The van der Waals surface area contributed by atoms with Gasteiger partial charge in [-0.1, -0.05) is 24.3 Å². The number of nitrogens with one attached hydrogen (secondary N) is 2. The zero-order valence-electron chi connectivity index (χ0n) is 17.9. The first kappa shape index (κ1) is 23.6. The molecule has 0 spiro atoms. The molecule has 1 aliphatic rings. The maximum atomic E-state index is 5.41. The van der Waals surface area contributed by atoms with Crippen molar-refractivity contribution >= 4 is 29.9 Å². The molecule has 3 rings (SSSR count). The summed E-state index contributed by atoms with van der Waals surface area (Å²) in [6.45, 7) is 10.3. The van der Waals surface area contributed by atoms with Crippen molar-refractivity contribution < 1.29 is 4.74 Å². The molecular formula is C21H33IN6O. The molecule has 2 aromatic rings. The monoisotopic (exact) mass is 512 g/mol. The Morgan fingerprint density at radius 1 is 1.07 bits per heavy atom. The Bertz CT molecular complexity index is 796. The molecule has 0 saturated carbocycles. The van der Waals surface area contributed by atoms with E-state index in [4.69, 9.17) is 4.74 Å². The van der Waals surface area contributed by atoms with Gasteiger partial charge in [0.15, 0.2) is 5.96 Å². The molecule has 0 radical (unpaired) electrons. The van der Waals surface area contributed by atoms with E-state index in [0.29, 0.717) is 6.54 Å². The number of rotatable bonds is 6. The number of aromatic nitrogens is 2. The second-order valence-electron chi connectivity index (χ2n) is 7.26. The first-order valence-corrected chi connectivity index (χ1v) is 9.88. The summed E-state index contributed by atoms with van der Waals surface area (Å²) >= 11 is 0. The summed E-state index contributed by atoms with van der Waals surface area (Å²) in [6, 6.07) is 8.80. The van der Waals surface area contributed by atoms with Crippen LogP contribution in [0.2, 0.25) is 0 Å². The van der Waals surface area contributed by atoms with Gasteiger partial charge >= 0.3 is 0 Å². The average Bonchev–Trinajstić information content (AvgIpc) is 2.95. The Hall–Kier alpha value is -1.65. The number of halogens is 1. The minimum atomic E-state index is 0. The van der Waals surface area contributed by atoms with Crippen LogP contribution in [0.15, 0.2) is 29.3 Å². The van der Waals surface area contributed by atoms with Gasteiger partial charge in [-0.05, 0) is 25.0 Å². The number of guanidine groups is 1. The molecule has 1 fully saturated rings. The minimum absolute atomic E-state index is 0. The molecule has 2 heterocycles. The molecule has 0 aliphatic carbocycles. The lowest BCUT2D eigenvalue weighted by atomic mass is 10.1. The molecule has 8 heteroatoms. The topological polar surface area (TPSA) is 66.7 Å². The summed E-state index contributed by atoms with van der Waals surface area (Å²) in [6.07, 6.45) is 0. The number of hydrogen-bond donors (Lipinski definition) is 2. The predicted molar refractivity (Wildman–Crippen MR) is 128 cm³/mol. The standard InChI is InChI=1S/C21H32N6O.HI/c1-16-20(17(2)26(4)25-16)14-24-21(22-3)23-13-18-5-7-19(8-6-18)15-27-9-11-28-12-10-27;/h5-8H,9-15H2,1-4H3,(H2,22,23,24);1H. The van der Waals surface area contributed by atoms with Gasteiger partial charge in [0.1, 0.15) is 0 Å². The molecule has 1 aliphatic heterocycles. The van der Waals surface area contributed by atoms with E-state index in [1.54, 1.807) is 7.05 Å². The van der Waals surface area contributed by atoms with E-state index in [9.17, 15) is 0 Å². The molecule has 160 valence electrons. The van der Waals surface area contributed by atoms with Gasteiger partial charge in [-0.3, -0.25) is 14.6 Å². The van der Waals surface area contributed by atoms with E-state index in [1.165, 1.54) is 22.4 Å². The highest BCUT2D eigenvalue weighted by molar-refractivity contribution is 14.0. The van der Waals surface area contributed by atoms with Crippen molar-refractivity contribution in [3.63, 3.8) is 0 Å². The number of nitrogens with zero attached hydrogens (tertiary/aromatic N) is 4. The van der Waals surface area contributed by atoms with Gasteiger partial charge in [-0.15, -0.1) is 24.0 Å². The first-order chi connectivity index (χ1) is 13.6. The molecule has 0 amide bonds. The average molecular weight is 512 g/mol. The van der Waals surface area contributed by atoms with Gasteiger partial charge in [0.2, 0.25) is 0 Å². The van der Waals surface area contributed by atoms with Crippen molar-refractivity contribution in [3.8, 4) is 0 Å². The second-order valence-corrected chi connectivity index (χ2v) is 7.26. The van der Waals surface area contributed by atoms with Crippen LogP contribution in [0.5, 0.6) is 0 Å². The molecule has 1 aromatic heterocycles. The van der Waals surface area contributed by atoms with Gasteiger partial charge in [0, 0.05) is 58.1 Å². The first-order valence-electron chi connectivity index (χ1n) is 9.88. The largest absolute Gasteiger partial charge is 0.379 e. The van der Waals surface area contributed by atoms with Gasteiger partial charge in [-0.2, -0.15) is 5.10 Å². The van der Waals surface area contributed by atoms with E-state index in [0.717, 1.165) is 51.0 Å². The Kier molecular flexibility index (Phi) is 9.38. The number of benzene rings is 1. The van der Waals surface area contributed by atoms with Crippen molar-refractivity contribution in [2.45, 2.75) is 33.5 Å². The van der Waals surface area contributed by atoms with Crippen LogP contribution in [-0.4, -0.2) is 54.0 Å². The zero-order valence-corrected chi connectivity index (χ0v) is 20.2. The normalized spacial score (nSPS) is 15.1. The van der Waals surface area contributed by atoms with Gasteiger partial charge in [-0.25, -0.2) is 0 Å². The molecule has 7 nitrogen and oxygen atoms in total. The highest BCUT2D eigenvalue weighted by Gasteiger charge is 2.11. The van der Waals surface area contributed by atoms with Gasteiger partial charge < -0.3 is 15.4 Å². The third kappa shape index (κ3) is 6.68. The number of hydrogen-bond acceptors (Lipinski definition) is 4. The Morgan fingerprint density at radius 2 is 1.69 bits per heavy atom. The Labute approximate surface area is 190 Å². The highest BCUT2D eigenvalue weighted by atomic mass is 127. The van der Waals surface area contributed by atoms with Crippen LogP contribution in [0, 0.1) is 13.8 Å². The number of ether oxygens (including phenoxy) is 1. The highest BCUT2D eigenvalue weighted by Crippen LogP contribution is 2.11. The van der Waals surface area contributed by atoms with E-state index < -0.39 is 0 Å². The summed E-state index contributed by atoms with van der Waals surface area (Å²) in [5.74, 6) is 0.792. The van der Waals surface area contributed by atoms with Crippen LogP contribution < -0.4 is 10.6 Å². The van der Waals surface area contributed by atoms with Crippen LogP contribution >= 0.6 is 24.0 Å². The maximum Gasteiger partial charge on any atom is 0.191 e. The van der Waals surface area contributed by atoms with E-state index in [1.807, 2.05) is 18.7 Å². The van der Waals surface area contributed by atoms with E-state index in [2.05, 4.69) is 56.8 Å². The van der Waals surface area contributed by atoms with Crippen LogP contribution in [0.1, 0.15) is 28.1 Å². The van der Waals surface area contributed by atoms with Gasteiger partial charge in [0.25, 0.3) is 0 Å². The van der Waals surface area contributed by atoms with Crippen LogP contribution in [-0.2, 0) is 31.4 Å². The number of aryl methyl sites for hydroxylation is 2. The third-order valence-corrected chi connectivity index (χ3v) is 5.31. The Morgan fingerprint density at radius 3 is 2.28 bits per heavy atom. The molecule has 2 N–H and O–H groups in total. The summed E-state index contributed by atoms with van der Waals surface area (Å²) in [5, 5.41) is 11.2. The van der Waals surface area contributed by atoms with Crippen LogP contribution in [0.25, 0.3) is 0 Å². The lowest BCUT2D eigenvalue weighted by molar-refractivity contribution is 0.0342. The van der Waals surface area contributed by atoms with Gasteiger partial charge in [0.05, 0.1) is 18.9 Å². The van der Waals surface area contributed by atoms with Crippen molar-refractivity contribution in [2.75, 3.05) is 33.4 Å². The fourth-order valence-electron chi connectivity index (χ4n) is 3.43. The van der Waals surface area contributed by atoms with Crippen molar-refractivity contribution in [1.29, 1.82) is 0 Å². The molecule has 1 saturated heterocycles. The van der Waals surface area contributed by atoms with E-state index >= 15 is 0 Å². The molecule has 0 atom stereocenters. The summed E-state index contributed by atoms with van der Waals surface area (Å²) < 4.78 is 7.33. The Balaban J connectivity index is 0.00000300. The van der Waals surface area contributed by atoms with Crippen molar-refractivity contribution in [2.24, 2.45) is 12.0 Å². The minimum Gasteiger partial charge on any atom is -0.379 e. The number of morpholine rings is 1. The summed E-state index contributed by atoms with van der Waals surface area (Å²) in [7, 11) is 3.77. The third-order valence-electron chi connectivity index (χ3n) is 5.31. The molecule has 1 aromatic carbocycles. The molecule has 0 unspecified atom stereocenters. The second kappa shape index (κ2) is 11.5. The maximum absolute atomic E-state index is 5.41. The zero-order chi connectivity index (χ0) is 19.9. The predicted octanol–water partition coefficient (Wildman–Crippen LogP) is 2.35. The summed E-state index contributed by atoms with van der Waals surface area (Å²) in [4.78, 5) is 6.76. The molecular weight excluding hydrogens is 479 g/mol. The smallest absolute Gasteiger partial charge is 0.191 e. The van der Waals surface area contributed by atoms with Crippen LogP contribution in [0.3, 0.4) is 0 Å². The fourth-order valence-corrected chi connectivity index (χ4v) is 3.43. The lowest BCUT2D eigenvalue weighted by Crippen LogP contribution is -2.36. The van der Waals surface area contributed by atoms with E-state index in [-0.39, 0.29) is 24.0 Å². The molecule has 29 heavy (non-hydrogen) atoms. The van der Waals surface area contributed by atoms with Crippen molar-refractivity contribution in [1.82, 2.24) is 25.3 Å². The SMILES string of the molecule is CN=C(NCc1ccc(CN2CCOCC2)cc1)NCc1c(C)nn(C)c1C.I. The lowest BCUT2D eigenvalue weighted by Gasteiger charge is -2.26. The fraction of sp³-hybridized carbons (Fsp3) is 0.524. The quantitative estimate of drug-likeness (QED) is 0.354. The van der Waals surface area contributed by atoms with Crippen molar-refractivity contribution in [3.05, 3.63) is 52.3 Å².